The minimum absolute atomic E-state index is 0.540. The van der Waals surface area contributed by atoms with E-state index in [9.17, 15) is 0 Å². The van der Waals surface area contributed by atoms with E-state index in [1.54, 1.807) is 11.3 Å². The molecule has 1 saturated carbocycles. The van der Waals surface area contributed by atoms with E-state index >= 15 is 0 Å². The summed E-state index contributed by atoms with van der Waals surface area (Å²) in [5.41, 5.74) is 1.65. The number of thiazole rings is 1. The molecule has 0 spiro atoms. The van der Waals surface area contributed by atoms with Gasteiger partial charge in [-0.15, -0.1) is 11.3 Å². The Morgan fingerprint density at radius 2 is 2.29 bits per heavy atom. The van der Waals surface area contributed by atoms with Crippen LogP contribution in [-0.2, 0) is 0 Å². The third-order valence-electron chi connectivity index (χ3n) is 3.16. The molecule has 0 bridgehead atoms. The highest BCUT2D eigenvalue weighted by atomic mass is 32.1. The zero-order chi connectivity index (χ0) is 10.3. The molecule has 1 aliphatic rings. The van der Waals surface area contributed by atoms with Gasteiger partial charge in [-0.25, -0.2) is 4.98 Å². The van der Waals surface area contributed by atoms with Crippen molar-refractivity contribution >= 4 is 16.5 Å². The highest BCUT2D eigenvalue weighted by Gasteiger charge is 2.48. The van der Waals surface area contributed by atoms with Crippen molar-refractivity contribution in [2.75, 3.05) is 5.32 Å². The maximum atomic E-state index is 4.42. The molecular formula is C11H18N2S. The molecule has 0 amide bonds. The Morgan fingerprint density at radius 3 is 2.71 bits per heavy atom. The fourth-order valence-corrected chi connectivity index (χ4v) is 2.86. The van der Waals surface area contributed by atoms with Crippen molar-refractivity contribution in [2.24, 2.45) is 11.3 Å². The number of hydrogen-bond acceptors (Lipinski definition) is 3. The van der Waals surface area contributed by atoms with Crippen molar-refractivity contribution in [1.29, 1.82) is 0 Å². The molecule has 14 heavy (non-hydrogen) atoms. The van der Waals surface area contributed by atoms with Crippen LogP contribution in [0.4, 0.5) is 5.13 Å². The summed E-state index contributed by atoms with van der Waals surface area (Å²) in [5, 5.41) is 6.65. The van der Waals surface area contributed by atoms with Crippen molar-refractivity contribution < 1.29 is 0 Å². The van der Waals surface area contributed by atoms with Crippen molar-refractivity contribution in [2.45, 2.75) is 40.2 Å². The first-order valence-electron chi connectivity index (χ1n) is 5.18. The Labute approximate surface area is 89.8 Å². The van der Waals surface area contributed by atoms with Crippen molar-refractivity contribution in [3.05, 3.63) is 11.1 Å². The average Bonchev–Trinajstić information content (AvgIpc) is 2.51. The minimum atomic E-state index is 0.540. The van der Waals surface area contributed by atoms with Gasteiger partial charge in [-0.3, -0.25) is 0 Å². The van der Waals surface area contributed by atoms with Crippen LogP contribution in [0.15, 0.2) is 5.38 Å². The van der Waals surface area contributed by atoms with E-state index in [2.05, 4.69) is 36.5 Å². The number of anilines is 1. The number of hydrogen-bond donors (Lipinski definition) is 1. The number of rotatable bonds is 3. The Balaban J connectivity index is 1.93. The zero-order valence-electron chi connectivity index (χ0n) is 9.29. The van der Waals surface area contributed by atoms with Gasteiger partial charge in [0.05, 0.1) is 5.69 Å². The number of nitrogens with one attached hydrogen (secondary N) is 1. The van der Waals surface area contributed by atoms with Crippen molar-refractivity contribution in [3.8, 4) is 0 Å². The van der Waals surface area contributed by atoms with E-state index < -0.39 is 0 Å². The van der Waals surface area contributed by atoms with E-state index in [1.165, 1.54) is 6.42 Å². The van der Waals surface area contributed by atoms with Crippen LogP contribution < -0.4 is 5.32 Å². The molecule has 0 aromatic carbocycles. The van der Waals surface area contributed by atoms with Crippen LogP contribution in [0, 0.1) is 18.3 Å². The van der Waals surface area contributed by atoms with Gasteiger partial charge in [0.25, 0.3) is 0 Å². The molecule has 1 heterocycles. The van der Waals surface area contributed by atoms with Gasteiger partial charge in [0.15, 0.2) is 5.13 Å². The summed E-state index contributed by atoms with van der Waals surface area (Å²) in [6, 6.07) is 0.551. The second kappa shape index (κ2) is 3.23. The highest BCUT2D eigenvalue weighted by Crippen LogP contribution is 2.53. The first-order valence-corrected chi connectivity index (χ1v) is 6.06. The quantitative estimate of drug-likeness (QED) is 0.828. The third kappa shape index (κ3) is 1.92. The second-order valence-corrected chi connectivity index (χ2v) is 5.88. The molecule has 2 rings (SSSR count). The Morgan fingerprint density at radius 1 is 1.64 bits per heavy atom. The van der Waals surface area contributed by atoms with Gasteiger partial charge >= 0.3 is 0 Å². The lowest BCUT2D eigenvalue weighted by Gasteiger charge is -2.14. The molecule has 0 aliphatic heterocycles. The van der Waals surface area contributed by atoms with E-state index in [1.807, 2.05) is 6.92 Å². The molecule has 2 nitrogen and oxygen atoms in total. The molecule has 78 valence electrons. The van der Waals surface area contributed by atoms with Crippen LogP contribution in [0.25, 0.3) is 0 Å². The van der Waals surface area contributed by atoms with Crippen LogP contribution >= 0.6 is 11.3 Å². The second-order valence-electron chi connectivity index (χ2n) is 5.03. The highest BCUT2D eigenvalue weighted by molar-refractivity contribution is 7.13. The maximum Gasteiger partial charge on any atom is 0.183 e. The lowest BCUT2D eigenvalue weighted by molar-refractivity contribution is 0.518. The first-order chi connectivity index (χ1) is 6.49. The lowest BCUT2D eigenvalue weighted by atomic mass is 10.1. The monoisotopic (exact) mass is 210 g/mol. The van der Waals surface area contributed by atoms with Crippen molar-refractivity contribution in [1.82, 2.24) is 4.98 Å². The summed E-state index contributed by atoms with van der Waals surface area (Å²) in [7, 11) is 0. The van der Waals surface area contributed by atoms with Gasteiger partial charge in [0.1, 0.15) is 0 Å². The van der Waals surface area contributed by atoms with E-state index in [0.717, 1.165) is 16.7 Å². The summed E-state index contributed by atoms with van der Waals surface area (Å²) < 4.78 is 0. The van der Waals surface area contributed by atoms with Crippen LogP contribution in [0.2, 0.25) is 0 Å². The molecule has 1 N–H and O–H groups in total. The molecule has 1 aromatic rings. The van der Waals surface area contributed by atoms with E-state index in [0.29, 0.717) is 11.5 Å². The molecule has 0 saturated heterocycles. The largest absolute Gasteiger partial charge is 0.359 e. The van der Waals surface area contributed by atoms with Crippen LogP contribution in [0.1, 0.15) is 32.9 Å². The smallest absolute Gasteiger partial charge is 0.183 e. The number of nitrogens with zero attached hydrogens (tertiary/aromatic N) is 1. The molecule has 1 aliphatic carbocycles. The molecule has 2 atom stereocenters. The first kappa shape index (κ1) is 9.97. The predicted octanol–water partition coefficient (Wildman–Crippen LogP) is 3.30. The van der Waals surface area contributed by atoms with Gasteiger partial charge in [-0.2, -0.15) is 0 Å². The molecular weight excluding hydrogens is 192 g/mol. The summed E-state index contributed by atoms with van der Waals surface area (Å²) in [5.74, 6) is 0.812. The van der Waals surface area contributed by atoms with E-state index in [4.69, 9.17) is 0 Å². The molecule has 1 fully saturated rings. The lowest BCUT2D eigenvalue weighted by Crippen LogP contribution is -2.19. The predicted molar refractivity (Wildman–Crippen MR) is 61.8 cm³/mol. The molecule has 0 radical (unpaired) electrons. The molecule has 3 heteroatoms. The summed E-state index contributed by atoms with van der Waals surface area (Å²) in [6.45, 7) is 8.97. The van der Waals surface area contributed by atoms with Crippen LogP contribution in [-0.4, -0.2) is 11.0 Å². The van der Waals surface area contributed by atoms with Gasteiger partial charge in [-0.05, 0) is 31.6 Å². The number of aryl methyl sites for hydroxylation is 1. The van der Waals surface area contributed by atoms with Gasteiger partial charge in [0, 0.05) is 11.4 Å². The summed E-state index contributed by atoms with van der Waals surface area (Å²) >= 11 is 1.70. The summed E-state index contributed by atoms with van der Waals surface area (Å²) in [4.78, 5) is 4.42. The topological polar surface area (TPSA) is 24.9 Å². The fourth-order valence-electron chi connectivity index (χ4n) is 2.08. The standard InChI is InChI=1S/C11H18N2S/c1-7-6-14-10(12-7)13-8(2)9-5-11(9,3)4/h6,8-9H,5H2,1-4H3,(H,12,13). The molecule has 1 aromatic heterocycles. The number of aromatic nitrogens is 1. The van der Waals surface area contributed by atoms with Gasteiger partial charge in [-0.1, -0.05) is 13.8 Å². The SMILES string of the molecule is Cc1csc(NC(C)C2CC2(C)C)n1. The summed E-state index contributed by atoms with van der Waals surface area (Å²) in [6.07, 6.45) is 1.34. The third-order valence-corrected chi connectivity index (χ3v) is 4.05. The Bertz CT molecular complexity index is 330. The van der Waals surface area contributed by atoms with Gasteiger partial charge in [0.2, 0.25) is 0 Å². The molecule has 2 unspecified atom stereocenters. The Kier molecular flexibility index (Phi) is 2.30. The zero-order valence-corrected chi connectivity index (χ0v) is 10.1. The average molecular weight is 210 g/mol. The van der Waals surface area contributed by atoms with Gasteiger partial charge < -0.3 is 5.32 Å². The fraction of sp³-hybridized carbons (Fsp3) is 0.727. The van der Waals surface area contributed by atoms with Crippen molar-refractivity contribution in [3.63, 3.8) is 0 Å². The van der Waals surface area contributed by atoms with E-state index in [-0.39, 0.29) is 0 Å². The van der Waals surface area contributed by atoms with Crippen LogP contribution in [0.5, 0.6) is 0 Å². The normalized spacial score (nSPS) is 25.9. The minimum Gasteiger partial charge on any atom is -0.359 e. The van der Waals surface area contributed by atoms with Crippen LogP contribution in [0.3, 0.4) is 0 Å². The maximum absolute atomic E-state index is 4.42. The Hall–Kier alpha value is -0.570.